The minimum Gasteiger partial charge on any atom is -0.485 e. The Morgan fingerprint density at radius 1 is 1.02 bits per heavy atom. The molecule has 2 saturated heterocycles. The van der Waals surface area contributed by atoms with E-state index in [-0.39, 0.29) is 52.7 Å². The van der Waals surface area contributed by atoms with Crippen LogP contribution in [0.5, 0.6) is 5.75 Å². The maximum absolute atomic E-state index is 14.6. The van der Waals surface area contributed by atoms with E-state index in [1.54, 1.807) is 16.4 Å². The smallest absolute Gasteiger partial charge is 0.416 e. The minimum atomic E-state index is -4.60. The minimum absolute atomic E-state index is 0.0212. The van der Waals surface area contributed by atoms with Crippen LogP contribution in [0.4, 0.5) is 24.8 Å². The molecular formula is C40H41ClF3N9O4. The molecule has 5 heterocycles. The van der Waals surface area contributed by atoms with Crippen molar-refractivity contribution in [3.05, 3.63) is 104 Å². The number of carbonyl (C=O) groups is 2. The molecule has 0 bridgehead atoms. The lowest BCUT2D eigenvalue weighted by molar-refractivity contribution is -0.137. The van der Waals surface area contributed by atoms with Gasteiger partial charge >= 0.3 is 6.18 Å². The lowest BCUT2D eigenvalue weighted by Crippen LogP contribution is -2.47. The second-order valence-electron chi connectivity index (χ2n) is 15.2. The van der Waals surface area contributed by atoms with Gasteiger partial charge in [0.2, 0.25) is 17.6 Å². The Kier molecular flexibility index (Phi) is 10.2. The molecule has 1 unspecified atom stereocenters. The molecule has 3 aromatic heterocycles. The molecule has 2 aromatic carbocycles. The molecule has 8 rings (SSSR count). The zero-order chi connectivity index (χ0) is 40.1. The molecule has 298 valence electrons. The third-order valence-corrected chi connectivity index (χ3v) is 11.7. The number of alkyl halides is 3. The summed E-state index contributed by atoms with van der Waals surface area (Å²) in [6.07, 6.45) is 1.28. The number of rotatable bonds is 8. The number of carbonyl (C=O) groups excluding carboxylic acids is 2. The van der Waals surface area contributed by atoms with E-state index < -0.39 is 23.1 Å². The number of nitrogens with one attached hydrogen (secondary N) is 1. The molecule has 5 aromatic rings. The number of fused-ring (bicyclic) bond motifs is 3. The fraction of sp³-hybridized carbons (Fsp3) is 0.425. The number of amides is 2. The number of piperidine rings is 2. The van der Waals surface area contributed by atoms with Crippen molar-refractivity contribution >= 4 is 40.8 Å². The number of likely N-dealkylation sites (tertiary alicyclic amines) is 1. The van der Waals surface area contributed by atoms with Crippen LogP contribution in [0.3, 0.4) is 0 Å². The van der Waals surface area contributed by atoms with Crippen LogP contribution in [-0.4, -0.2) is 72.0 Å². The Bertz CT molecular complexity index is 2410. The molecule has 3 aliphatic rings. The third kappa shape index (κ3) is 7.30. The molecule has 2 amide bonds. The predicted octanol–water partition coefficient (Wildman–Crippen LogP) is 6.55. The zero-order valence-corrected chi connectivity index (χ0v) is 32.2. The molecule has 1 aliphatic carbocycles. The molecular weight excluding hydrogens is 763 g/mol. The van der Waals surface area contributed by atoms with Gasteiger partial charge in [0.1, 0.15) is 19.5 Å². The number of hydrogen-bond donors (Lipinski definition) is 1. The van der Waals surface area contributed by atoms with Gasteiger partial charge in [-0.05, 0) is 75.1 Å². The first-order valence-corrected chi connectivity index (χ1v) is 19.4. The zero-order valence-electron chi connectivity index (χ0n) is 31.5. The molecule has 1 spiro atoms. The van der Waals surface area contributed by atoms with Gasteiger partial charge in [0.05, 0.1) is 22.0 Å². The molecule has 57 heavy (non-hydrogen) atoms. The first kappa shape index (κ1) is 38.4. The fourth-order valence-electron chi connectivity index (χ4n) is 8.63. The van der Waals surface area contributed by atoms with Crippen LogP contribution in [0, 0.1) is 6.92 Å². The van der Waals surface area contributed by atoms with Crippen LogP contribution < -0.4 is 20.5 Å². The van der Waals surface area contributed by atoms with E-state index in [0.29, 0.717) is 61.0 Å². The fourth-order valence-corrected chi connectivity index (χ4v) is 8.85. The molecule has 2 aliphatic heterocycles. The van der Waals surface area contributed by atoms with E-state index in [0.717, 1.165) is 56.1 Å². The summed E-state index contributed by atoms with van der Waals surface area (Å²) < 4.78 is 49.0. The van der Waals surface area contributed by atoms with Crippen molar-refractivity contribution in [3.8, 4) is 5.75 Å². The van der Waals surface area contributed by atoms with E-state index >= 15 is 0 Å². The summed E-state index contributed by atoms with van der Waals surface area (Å²) in [5.41, 5.74) is 0.985. The number of hydrogen-bond acceptors (Lipinski definition) is 9. The molecule has 2 fully saturated rings. The summed E-state index contributed by atoms with van der Waals surface area (Å²) in [6, 6.07) is 12.3. The van der Waals surface area contributed by atoms with E-state index in [1.165, 1.54) is 10.8 Å². The Morgan fingerprint density at radius 3 is 2.46 bits per heavy atom. The highest BCUT2D eigenvalue weighted by atomic mass is 35.5. The lowest BCUT2D eigenvalue weighted by atomic mass is 9.73. The molecule has 17 heteroatoms. The maximum Gasteiger partial charge on any atom is 0.416 e. The van der Waals surface area contributed by atoms with Gasteiger partial charge in [-0.25, -0.2) is 9.97 Å². The van der Waals surface area contributed by atoms with Gasteiger partial charge < -0.3 is 24.4 Å². The van der Waals surface area contributed by atoms with Crippen LogP contribution in [-0.2, 0) is 29.5 Å². The first-order valence-electron chi connectivity index (χ1n) is 19.1. The Balaban J connectivity index is 1.10. The number of aromatic nitrogens is 6. The van der Waals surface area contributed by atoms with Crippen molar-refractivity contribution < 1.29 is 27.5 Å². The van der Waals surface area contributed by atoms with Gasteiger partial charge in [-0.2, -0.15) is 22.7 Å². The van der Waals surface area contributed by atoms with Gasteiger partial charge in [-0.3, -0.25) is 14.4 Å². The second kappa shape index (κ2) is 15.1. The summed E-state index contributed by atoms with van der Waals surface area (Å²) in [6.45, 7) is 5.85. The lowest BCUT2D eigenvalue weighted by Gasteiger charge is -2.39. The topological polar surface area (TPSA) is 140 Å². The summed E-state index contributed by atoms with van der Waals surface area (Å²) in [5, 5.41) is 7.10. The van der Waals surface area contributed by atoms with Crippen LogP contribution >= 0.6 is 11.6 Å². The summed E-state index contributed by atoms with van der Waals surface area (Å²) in [7, 11) is 0. The highest BCUT2D eigenvalue weighted by molar-refractivity contribution is 6.33. The number of benzene rings is 2. The Morgan fingerprint density at radius 2 is 1.75 bits per heavy atom. The number of halogens is 4. The average molecular weight is 804 g/mol. The molecule has 13 nitrogen and oxygen atoms in total. The van der Waals surface area contributed by atoms with E-state index in [9.17, 15) is 27.6 Å². The summed E-state index contributed by atoms with van der Waals surface area (Å²) in [5.74, 6) is -0.123. The summed E-state index contributed by atoms with van der Waals surface area (Å²) >= 11 is 6.20. The van der Waals surface area contributed by atoms with E-state index in [1.807, 2.05) is 42.2 Å². The van der Waals surface area contributed by atoms with Gasteiger partial charge in [0, 0.05) is 42.9 Å². The monoisotopic (exact) mass is 803 g/mol. The molecule has 1 N–H and O–H groups in total. The normalized spacial score (nSPS) is 17.9. The van der Waals surface area contributed by atoms with Crippen molar-refractivity contribution in [2.45, 2.75) is 83.0 Å². The van der Waals surface area contributed by atoms with Crippen LogP contribution in [0.2, 0.25) is 5.02 Å². The standard InChI is InChI=1S/C40H41ClF3N9O4/c1-24-20-39(13-17-50(18-14-39)36(56)32-34(25(2)45-23-46-32)57-22-26-9-5-3-6-10-26)31-33(24)52(21-30(54)47-29-12-11-27(19-28(29)41)40(42,43)44)38-48-37(49-53(38)35(31)55)51-15-7-4-8-16-51/h3,5-6,9-12,19,23-24H,4,7-8,13-18,20-22H2,1-2H3,(H,47,54). The number of nitrogens with zero attached hydrogens (tertiary/aromatic N) is 8. The van der Waals surface area contributed by atoms with Crippen molar-refractivity contribution in [3.63, 3.8) is 0 Å². The average Bonchev–Trinajstić information content (AvgIpc) is 3.77. The van der Waals surface area contributed by atoms with E-state index in [2.05, 4.69) is 15.3 Å². The van der Waals surface area contributed by atoms with Gasteiger partial charge in [0.15, 0.2) is 11.4 Å². The van der Waals surface area contributed by atoms with Gasteiger partial charge in [-0.1, -0.05) is 48.9 Å². The SMILES string of the molecule is Cc1ncnc(C(=O)N2CCC3(CC2)CC(C)c2c3c(=O)n3nc(N4CCCCC4)nc3n2CC(=O)Nc2ccc(C(F)(F)F)cc2Cl)c1OCc1ccccc1. The highest BCUT2D eigenvalue weighted by Gasteiger charge is 2.49. The quantitative estimate of drug-likeness (QED) is 0.185. The third-order valence-electron chi connectivity index (χ3n) is 11.4. The van der Waals surface area contributed by atoms with Gasteiger partial charge in [-0.15, -0.1) is 5.10 Å². The number of ether oxygens (including phenoxy) is 1. The Labute approximate surface area is 330 Å². The van der Waals surface area contributed by atoms with Gasteiger partial charge in [0.25, 0.3) is 11.5 Å². The van der Waals surface area contributed by atoms with Crippen LogP contribution in [0.25, 0.3) is 5.78 Å². The van der Waals surface area contributed by atoms with E-state index in [4.69, 9.17) is 26.4 Å². The van der Waals surface area contributed by atoms with Crippen LogP contribution in [0.15, 0.2) is 59.7 Å². The first-order chi connectivity index (χ1) is 27.3. The molecule has 0 saturated carbocycles. The Hall–Kier alpha value is -5.51. The van der Waals surface area contributed by atoms with Crippen molar-refractivity contribution in [2.75, 3.05) is 36.4 Å². The molecule has 1 atom stereocenters. The van der Waals surface area contributed by atoms with Crippen molar-refractivity contribution in [1.82, 2.24) is 34.0 Å². The second-order valence-corrected chi connectivity index (χ2v) is 15.6. The van der Waals surface area contributed by atoms with Crippen LogP contribution in [0.1, 0.15) is 89.9 Å². The van der Waals surface area contributed by atoms with Crippen molar-refractivity contribution in [1.29, 1.82) is 0 Å². The maximum atomic E-state index is 14.6. The predicted molar refractivity (Wildman–Crippen MR) is 206 cm³/mol. The number of aryl methyl sites for hydroxylation is 1. The number of anilines is 2. The van der Waals surface area contributed by atoms with Crippen molar-refractivity contribution in [2.24, 2.45) is 0 Å². The summed E-state index contributed by atoms with van der Waals surface area (Å²) in [4.78, 5) is 59.6. The largest absolute Gasteiger partial charge is 0.485 e. The highest BCUT2D eigenvalue weighted by Crippen LogP contribution is 2.50. The molecule has 0 radical (unpaired) electrons.